The van der Waals surface area contributed by atoms with Gasteiger partial charge in [0.1, 0.15) is 5.82 Å². The Balaban J connectivity index is 1.56. The van der Waals surface area contributed by atoms with Crippen molar-refractivity contribution in [2.24, 2.45) is 5.41 Å². The molecule has 0 spiro atoms. The number of allylic oxidation sites excluding steroid dienone is 1. The van der Waals surface area contributed by atoms with E-state index in [0.29, 0.717) is 17.8 Å². The largest absolute Gasteiger partial charge is 0.478 e. The molecule has 1 atom stereocenters. The van der Waals surface area contributed by atoms with Crippen LogP contribution in [-0.4, -0.2) is 41.3 Å². The average molecular weight is 511 g/mol. The SMILES string of the molecule is CCCCc1ncc2n1C(c1ccc(-c3ccccc3-c3nn[nH]n3)cc1)CCC2=C(C(=O)O)C(C)(C)C. The summed E-state index contributed by atoms with van der Waals surface area (Å²) in [4.78, 5) is 17.2. The first-order valence-electron chi connectivity index (χ1n) is 13.3. The summed E-state index contributed by atoms with van der Waals surface area (Å²) in [6.45, 7) is 8.09. The van der Waals surface area contributed by atoms with Gasteiger partial charge in [0.25, 0.3) is 0 Å². The average Bonchev–Trinajstić information content (AvgIpc) is 3.58. The highest BCUT2D eigenvalue weighted by molar-refractivity contribution is 5.97. The summed E-state index contributed by atoms with van der Waals surface area (Å²) < 4.78 is 2.30. The normalized spacial score (nSPS) is 16.8. The first kappa shape index (κ1) is 25.6. The van der Waals surface area contributed by atoms with Gasteiger partial charge in [-0.2, -0.15) is 5.21 Å². The molecule has 1 aliphatic rings. The monoisotopic (exact) mass is 510 g/mol. The van der Waals surface area contributed by atoms with Crippen LogP contribution in [0.2, 0.25) is 0 Å². The van der Waals surface area contributed by atoms with Gasteiger partial charge < -0.3 is 9.67 Å². The number of nitrogens with one attached hydrogen (secondary N) is 1. The predicted octanol–water partition coefficient (Wildman–Crippen LogP) is 6.34. The lowest BCUT2D eigenvalue weighted by atomic mass is 9.79. The van der Waals surface area contributed by atoms with E-state index < -0.39 is 11.4 Å². The minimum absolute atomic E-state index is 0.0969. The van der Waals surface area contributed by atoms with Gasteiger partial charge in [-0.1, -0.05) is 82.6 Å². The molecule has 1 aliphatic heterocycles. The molecule has 4 aromatic rings. The molecular formula is C30H34N6O2. The maximum Gasteiger partial charge on any atom is 0.332 e. The number of hydrogen-bond donors (Lipinski definition) is 2. The van der Waals surface area contributed by atoms with Crippen molar-refractivity contribution >= 4 is 11.5 Å². The van der Waals surface area contributed by atoms with E-state index in [-0.39, 0.29) is 6.04 Å². The maximum atomic E-state index is 12.4. The highest BCUT2D eigenvalue weighted by Crippen LogP contribution is 2.43. The second kappa shape index (κ2) is 10.4. The molecule has 38 heavy (non-hydrogen) atoms. The Labute approximate surface area is 222 Å². The van der Waals surface area contributed by atoms with Crippen LogP contribution in [0.3, 0.4) is 0 Å². The third-order valence-corrected chi connectivity index (χ3v) is 7.30. The molecule has 2 aromatic heterocycles. The Morgan fingerprint density at radius 2 is 1.84 bits per heavy atom. The van der Waals surface area contributed by atoms with E-state index in [4.69, 9.17) is 4.98 Å². The Morgan fingerprint density at radius 1 is 1.11 bits per heavy atom. The van der Waals surface area contributed by atoms with Gasteiger partial charge in [-0.05, 0) is 52.2 Å². The minimum Gasteiger partial charge on any atom is -0.478 e. The zero-order chi connectivity index (χ0) is 26.9. The number of carbonyl (C=O) groups is 1. The number of tetrazole rings is 1. The number of aromatic nitrogens is 6. The number of fused-ring (bicyclic) bond motifs is 1. The lowest BCUT2D eigenvalue weighted by molar-refractivity contribution is -0.133. The van der Waals surface area contributed by atoms with Crippen LogP contribution in [0.5, 0.6) is 0 Å². The van der Waals surface area contributed by atoms with Crippen molar-refractivity contribution in [3.8, 4) is 22.5 Å². The minimum atomic E-state index is -0.849. The number of nitrogens with zero attached hydrogens (tertiary/aromatic N) is 5. The van der Waals surface area contributed by atoms with Crippen molar-refractivity contribution in [1.82, 2.24) is 30.2 Å². The molecule has 1 unspecified atom stereocenters. The van der Waals surface area contributed by atoms with Gasteiger partial charge in [0.2, 0.25) is 5.82 Å². The van der Waals surface area contributed by atoms with Crippen LogP contribution >= 0.6 is 0 Å². The van der Waals surface area contributed by atoms with Crippen molar-refractivity contribution in [1.29, 1.82) is 0 Å². The molecule has 0 aliphatic carbocycles. The van der Waals surface area contributed by atoms with Crippen LogP contribution in [0.15, 0.2) is 60.3 Å². The number of aryl methyl sites for hydroxylation is 1. The third-order valence-electron chi connectivity index (χ3n) is 7.30. The summed E-state index contributed by atoms with van der Waals surface area (Å²) in [5.41, 5.74) is 6.07. The van der Waals surface area contributed by atoms with Crippen LogP contribution in [0, 0.1) is 5.41 Å². The summed E-state index contributed by atoms with van der Waals surface area (Å²) in [6, 6.07) is 16.8. The van der Waals surface area contributed by atoms with Crippen molar-refractivity contribution < 1.29 is 9.90 Å². The summed E-state index contributed by atoms with van der Waals surface area (Å²) in [5.74, 6) is 0.737. The number of benzene rings is 2. The van der Waals surface area contributed by atoms with Gasteiger partial charge in [0, 0.05) is 17.6 Å². The Kier molecular flexibility index (Phi) is 6.97. The van der Waals surface area contributed by atoms with E-state index in [1.165, 1.54) is 5.56 Å². The summed E-state index contributed by atoms with van der Waals surface area (Å²) in [7, 11) is 0. The highest BCUT2D eigenvalue weighted by atomic mass is 16.4. The molecule has 196 valence electrons. The molecule has 0 fully saturated rings. The first-order chi connectivity index (χ1) is 18.3. The molecule has 0 saturated heterocycles. The molecule has 2 N–H and O–H groups in total. The maximum absolute atomic E-state index is 12.4. The fraction of sp³-hybridized carbons (Fsp3) is 0.367. The first-order valence-corrected chi connectivity index (χ1v) is 13.3. The number of aliphatic carboxylic acids is 1. The van der Waals surface area contributed by atoms with Gasteiger partial charge in [-0.3, -0.25) is 0 Å². The third kappa shape index (κ3) is 4.78. The van der Waals surface area contributed by atoms with Crippen molar-refractivity contribution in [3.05, 3.63) is 77.4 Å². The molecule has 5 rings (SSSR count). The lowest BCUT2D eigenvalue weighted by Crippen LogP contribution is -2.25. The van der Waals surface area contributed by atoms with E-state index in [0.717, 1.165) is 59.5 Å². The van der Waals surface area contributed by atoms with Crippen molar-refractivity contribution in [3.63, 3.8) is 0 Å². The van der Waals surface area contributed by atoms with Crippen molar-refractivity contribution in [2.45, 2.75) is 65.8 Å². The number of carboxylic acid groups (broad SMARTS) is 1. The zero-order valence-electron chi connectivity index (χ0n) is 22.4. The van der Waals surface area contributed by atoms with Crippen LogP contribution in [-0.2, 0) is 11.2 Å². The second-order valence-corrected chi connectivity index (χ2v) is 10.9. The number of aromatic amines is 1. The molecule has 3 heterocycles. The fourth-order valence-corrected chi connectivity index (χ4v) is 5.59. The summed E-state index contributed by atoms with van der Waals surface area (Å²) in [5, 5.41) is 24.7. The van der Waals surface area contributed by atoms with Crippen molar-refractivity contribution in [2.75, 3.05) is 0 Å². The van der Waals surface area contributed by atoms with E-state index >= 15 is 0 Å². The van der Waals surface area contributed by atoms with Gasteiger partial charge in [-0.25, -0.2) is 9.78 Å². The number of unbranched alkanes of at least 4 members (excludes halogenated alkanes) is 1. The van der Waals surface area contributed by atoms with Crippen LogP contribution in [0.25, 0.3) is 28.1 Å². The summed E-state index contributed by atoms with van der Waals surface area (Å²) in [6.07, 6.45) is 6.39. The van der Waals surface area contributed by atoms with Gasteiger partial charge >= 0.3 is 5.97 Å². The van der Waals surface area contributed by atoms with E-state index in [9.17, 15) is 9.90 Å². The highest BCUT2D eigenvalue weighted by Gasteiger charge is 2.34. The molecule has 0 saturated carbocycles. The van der Waals surface area contributed by atoms with Gasteiger partial charge in [0.05, 0.1) is 17.9 Å². The number of imidazole rings is 1. The van der Waals surface area contributed by atoms with Crippen LogP contribution in [0.4, 0.5) is 0 Å². The summed E-state index contributed by atoms with van der Waals surface area (Å²) >= 11 is 0. The van der Waals surface area contributed by atoms with Gasteiger partial charge in [0.15, 0.2) is 0 Å². The fourth-order valence-electron chi connectivity index (χ4n) is 5.59. The Hall–Kier alpha value is -4.07. The standard InChI is InChI=1S/C30H34N6O2/c1-5-6-11-26-31-18-25-23(27(29(37)38)30(2,3)4)16-17-24(36(25)26)20-14-12-19(13-15-20)21-9-7-8-10-22(21)28-32-34-35-33-28/h7-10,12-15,18,24H,5-6,11,16-17H2,1-4H3,(H,37,38)(H,32,33,34,35). The molecule has 0 amide bonds. The number of carboxylic acids is 1. The van der Waals surface area contributed by atoms with Gasteiger partial charge in [-0.15, -0.1) is 10.2 Å². The molecule has 8 heteroatoms. The molecule has 0 bridgehead atoms. The molecule has 0 radical (unpaired) electrons. The Morgan fingerprint density at radius 3 is 2.47 bits per heavy atom. The number of hydrogen-bond acceptors (Lipinski definition) is 5. The molecule has 8 nitrogen and oxygen atoms in total. The second-order valence-electron chi connectivity index (χ2n) is 10.9. The zero-order valence-corrected chi connectivity index (χ0v) is 22.4. The van der Waals surface area contributed by atoms with E-state index in [1.807, 2.05) is 45.2 Å². The number of H-pyrrole nitrogens is 1. The smallest absolute Gasteiger partial charge is 0.332 e. The predicted molar refractivity (Wildman–Crippen MR) is 147 cm³/mol. The molecule has 2 aromatic carbocycles. The number of rotatable bonds is 7. The van der Waals surface area contributed by atoms with E-state index in [1.54, 1.807) is 0 Å². The van der Waals surface area contributed by atoms with Crippen LogP contribution in [0.1, 0.15) is 76.5 Å². The quantitative estimate of drug-likeness (QED) is 0.281. The molecular weight excluding hydrogens is 476 g/mol. The van der Waals surface area contributed by atoms with E-state index in [2.05, 4.69) is 62.4 Å². The lowest BCUT2D eigenvalue weighted by Gasteiger charge is -2.33. The van der Waals surface area contributed by atoms with Crippen LogP contribution < -0.4 is 0 Å². The Bertz CT molecular complexity index is 1460. The topological polar surface area (TPSA) is 110 Å².